The third-order valence-electron chi connectivity index (χ3n) is 6.04. The van der Waals surface area contributed by atoms with E-state index in [-0.39, 0.29) is 18.3 Å². The SMILES string of the molecule is CCCCCC1CC(=O)C(C2=CC(O)C(O)C(CO)O2)CC1CCCC. The van der Waals surface area contributed by atoms with Crippen molar-refractivity contribution in [2.45, 2.75) is 89.9 Å². The highest BCUT2D eigenvalue weighted by molar-refractivity contribution is 5.84. The molecule has 1 aliphatic carbocycles. The van der Waals surface area contributed by atoms with E-state index in [0.29, 0.717) is 24.0 Å². The molecule has 0 aromatic heterocycles. The zero-order chi connectivity index (χ0) is 19.1. The first-order valence-corrected chi connectivity index (χ1v) is 10.4. The average Bonchev–Trinajstić information content (AvgIpc) is 2.63. The molecule has 1 aliphatic heterocycles. The summed E-state index contributed by atoms with van der Waals surface area (Å²) in [6.07, 6.45) is 7.80. The highest BCUT2D eigenvalue weighted by Gasteiger charge is 2.41. The largest absolute Gasteiger partial charge is 0.489 e. The summed E-state index contributed by atoms with van der Waals surface area (Å²) in [4.78, 5) is 12.8. The van der Waals surface area contributed by atoms with Gasteiger partial charge < -0.3 is 20.1 Å². The summed E-state index contributed by atoms with van der Waals surface area (Å²) in [7, 11) is 0. The molecule has 0 bridgehead atoms. The number of unbranched alkanes of at least 4 members (excludes halogenated alkanes) is 3. The molecule has 0 spiro atoms. The number of rotatable bonds is 9. The Labute approximate surface area is 157 Å². The van der Waals surface area contributed by atoms with Gasteiger partial charge in [-0.2, -0.15) is 0 Å². The Hall–Kier alpha value is -0.910. The molecule has 6 atom stereocenters. The second-order valence-corrected chi connectivity index (χ2v) is 8.01. The van der Waals surface area contributed by atoms with Crippen molar-refractivity contribution < 1.29 is 24.9 Å². The Kier molecular flexibility index (Phi) is 8.58. The van der Waals surface area contributed by atoms with Crippen LogP contribution in [-0.4, -0.2) is 46.0 Å². The monoisotopic (exact) mass is 368 g/mol. The minimum atomic E-state index is -1.15. The van der Waals surface area contributed by atoms with Crippen LogP contribution in [-0.2, 0) is 9.53 Å². The first kappa shape index (κ1) is 21.4. The molecule has 5 heteroatoms. The summed E-state index contributed by atoms with van der Waals surface area (Å²) in [5.74, 6) is 1.21. The van der Waals surface area contributed by atoms with Crippen molar-refractivity contribution in [2.24, 2.45) is 17.8 Å². The van der Waals surface area contributed by atoms with Crippen molar-refractivity contribution in [1.82, 2.24) is 0 Å². The molecular weight excluding hydrogens is 332 g/mol. The van der Waals surface area contributed by atoms with Crippen LogP contribution < -0.4 is 0 Å². The van der Waals surface area contributed by atoms with Crippen LogP contribution >= 0.6 is 0 Å². The zero-order valence-corrected chi connectivity index (χ0v) is 16.3. The summed E-state index contributed by atoms with van der Waals surface area (Å²) in [6.45, 7) is 4.00. The molecule has 0 saturated heterocycles. The van der Waals surface area contributed by atoms with Gasteiger partial charge in [-0.15, -0.1) is 0 Å². The van der Waals surface area contributed by atoms with E-state index in [1.54, 1.807) is 0 Å². The van der Waals surface area contributed by atoms with Gasteiger partial charge in [-0.3, -0.25) is 4.79 Å². The average molecular weight is 369 g/mol. The Bertz CT molecular complexity index is 475. The molecule has 1 heterocycles. The number of aliphatic hydroxyl groups is 3. The van der Waals surface area contributed by atoms with E-state index >= 15 is 0 Å². The minimum Gasteiger partial charge on any atom is -0.489 e. The maximum atomic E-state index is 12.8. The molecule has 0 aromatic rings. The van der Waals surface area contributed by atoms with Gasteiger partial charge in [-0.05, 0) is 30.8 Å². The molecule has 1 fully saturated rings. The fraction of sp³-hybridized carbons (Fsp3) is 0.857. The second kappa shape index (κ2) is 10.4. The van der Waals surface area contributed by atoms with E-state index in [1.807, 2.05) is 0 Å². The normalized spacial score (nSPS) is 35.1. The smallest absolute Gasteiger partial charge is 0.150 e. The fourth-order valence-corrected chi connectivity index (χ4v) is 4.40. The van der Waals surface area contributed by atoms with Gasteiger partial charge in [0.2, 0.25) is 0 Å². The van der Waals surface area contributed by atoms with E-state index in [0.717, 1.165) is 32.1 Å². The molecule has 6 unspecified atom stereocenters. The number of carbonyl (C=O) groups is 1. The van der Waals surface area contributed by atoms with Gasteiger partial charge in [0.05, 0.1) is 12.5 Å². The number of allylic oxidation sites excluding steroid dienone is 1. The summed E-state index contributed by atoms with van der Waals surface area (Å²) in [5.41, 5.74) is 0. The first-order valence-electron chi connectivity index (χ1n) is 10.4. The molecular formula is C21H36O5. The number of aliphatic hydroxyl groups excluding tert-OH is 3. The highest BCUT2D eigenvalue weighted by atomic mass is 16.5. The van der Waals surface area contributed by atoms with E-state index in [1.165, 1.54) is 25.3 Å². The lowest BCUT2D eigenvalue weighted by molar-refractivity contribution is -0.133. The maximum absolute atomic E-state index is 12.8. The number of Topliss-reactive ketones (excluding diaryl/α,β-unsaturated/α-hetero) is 1. The van der Waals surface area contributed by atoms with Crippen LogP contribution in [0.25, 0.3) is 0 Å². The molecule has 1 saturated carbocycles. The lowest BCUT2D eigenvalue weighted by Crippen LogP contribution is -2.46. The van der Waals surface area contributed by atoms with Crippen molar-refractivity contribution >= 4 is 5.78 Å². The number of ketones is 1. The third kappa shape index (κ3) is 5.30. The lowest BCUT2D eigenvalue weighted by Gasteiger charge is -2.39. The minimum absolute atomic E-state index is 0.172. The third-order valence-corrected chi connectivity index (χ3v) is 6.04. The highest BCUT2D eigenvalue weighted by Crippen LogP contribution is 2.41. The molecule has 2 rings (SSSR count). The summed E-state index contributed by atoms with van der Waals surface area (Å²) in [5, 5.41) is 29.3. The molecule has 150 valence electrons. The van der Waals surface area contributed by atoms with Crippen LogP contribution in [0.2, 0.25) is 0 Å². The Morgan fingerprint density at radius 2 is 1.77 bits per heavy atom. The lowest BCUT2D eigenvalue weighted by atomic mass is 9.69. The van der Waals surface area contributed by atoms with Crippen molar-refractivity contribution in [3.05, 3.63) is 11.8 Å². The van der Waals surface area contributed by atoms with Gasteiger partial charge in [-0.25, -0.2) is 0 Å². The predicted molar refractivity (Wildman–Crippen MR) is 100 cm³/mol. The van der Waals surface area contributed by atoms with E-state index < -0.39 is 18.3 Å². The topological polar surface area (TPSA) is 87.0 Å². The molecule has 3 N–H and O–H groups in total. The summed E-state index contributed by atoms with van der Waals surface area (Å²) < 4.78 is 5.70. The number of ether oxygens (including phenoxy) is 1. The van der Waals surface area contributed by atoms with Gasteiger partial charge in [-0.1, -0.05) is 52.4 Å². The Morgan fingerprint density at radius 1 is 1.08 bits per heavy atom. The van der Waals surface area contributed by atoms with Crippen LogP contribution in [0.3, 0.4) is 0 Å². The Balaban J connectivity index is 2.10. The number of hydrogen-bond acceptors (Lipinski definition) is 5. The van der Waals surface area contributed by atoms with Gasteiger partial charge in [0.25, 0.3) is 0 Å². The molecule has 2 aliphatic rings. The summed E-state index contributed by atoms with van der Waals surface area (Å²) >= 11 is 0. The fourth-order valence-electron chi connectivity index (χ4n) is 4.40. The summed E-state index contributed by atoms with van der Waals surface area (Å²) in [6, 6.07) is 0. The van der Waals surface area contributed by atoms with Crippen LogP contribution in [0.15, 0.2) is 11.8 Å². The quantitative estimate of drug-likeness (QED) is 0.545. The van der Waals surface area contributed by atoms with E-state index in [4.69, 9.17) is 4.74 Å². The van der Waals surface area contributed by atoms with Crippen molar-refractivity contribution in [3.63, 3.8) is 0 Å². The Morgan fingerprint density at radius 3 is 2.42 bits per heavy atom. The number of hydrogen-bond donors (Lipinski definition) is 3. The zero-order valence-electron chi connectivity index (χ0n) is 16.3. The van der Waals surface area contributed by atoms with Crippen LogP contribution in [0, 0.1) is 17.8 Å². The van der Waals surface area contributed by atoms with Gasteiger partial charge >= 0.3 is 0 Å². The van der Waals surface area contributed by atoms with Gasteiger partial charge in [0.15, 0.2) is 0 Å². The van der Waals surface area contributed by atoms with Crippen molar-refractivity contribution in [2.75, 3.05) is 6.61 Å². The van der Waals surface area contributed by atoms with E-state index in [2.05, 4.69) is 13.8 Å². The van der Waals surface area contributed by atoms with E-state index in [9.17, 15) is 20.1 Å². The predicted octanol–water partition coefficient (Wildman–Crippen LogP) is 2.97. The van der Waals surface area contributed by atoms with Crippen molar-refractivity contribution in [3.8, 4) is 0 Å². The second-order valence-electron chi connectivity index (χ2n) is 8.01. The number of carbonyl (C=O) groups excluding carboxylic acids is 1. The molecule has 5 nitrogen and oxygen atoms in total. The standard InChI is InChI=1S/C21H36O5/c1-3-5-7-9-15-11-17(23)16(10-14(15)8-6-4-2)19-12-18(24)21(25)20(13-22)26-19/h12,14-16,18,20-22,24-25H,3-11,13H2,1-2H3. The molecule has 0 radical (unpaired) electrons. The van der Waals surface area contributed by atoms with Crippen LogP contribution in [0.5, 0.6) is 0 Å². The van der Waals surface area contributed by atoms with Crippen LogP contribution in [0.1, 0.15) is 71.6 Å². The van der Waals surface area contributed by atoms with Crippen molar-refractivity contribution in [1.29, 1.82) is 0 Å². The molecule has 0 aromatic carbocycles. The van der Waals surface area contributed by atoms with Crippen LogP contribution in [0.4, 0.5) is 0 Å². The van der Waals surface area contributed by atoms with Gasteiger partial charge in [0, 0.05) is 6.42 Å². The first-order chi connectivity index (χ1) is 12.5. The molecule has 26 heavy (non-hydrogen) atoms. The van der Waals surface area contributed by atoms with Gasteiger partial charge in [0.1, 0.15) is 29.9 Å². The maximum Gasteiger partial charge on any atom is 0.150 e. The molecule has 0 amide bonds.